The summed E-state index contributed by atoms with van der Waals surface area (Å²) in [5.41, 5.74) is 2.52. The van der Waals surface area contributed by atoms with Gasteiger partial charge in [0.05, 0.1) is 11.5 Å². The van der Waals surface area contributed by atoms with Crippen molar-refractivity contribution in [3.05, 3.63) is 58.7 Å². The highest BCUT2D eigenvalue weighted by molar-refractivity contribution is 7.21. The second-order valence-electron chi connectivity index (χ2n) is 7.36. The molecular weight excluding hydrogens is 387 g/mol. The number of carbonyl (C=O) groups excluding carboxylic acids is 1. The maximum absolute atomic E-state index is 14.3. The van der Waals surface area contributed by atoms with Crippen molar-refractivity contribution in [2.45, 2.75) is 32.3 Å². The molecule has 0 bridgehead atoms. The number of nitrogens with zero attached hydrogens (tertiary/aromatic N) is 1. The van der Waals surface area contributed by atoms with Crippen molar-refractivity contribution in [3.8, 4) is 0 Å². The summed E-state index contributed by atoms with van der Waals surface area (Å²) in [4.78, 5) is 15.8. The minimum absolute atomic E-state index is 0.192. The van der Waals surface area contributed by atoms with Crippen molar-refractivity contribution in [2.24, 2.45) is 0 Å². The molecule has 1 saturated heterocycles. The molecular formula is C23H25FN2O2S. The van der Waals surface area contributed by atoms with Crippen LogP contribution < -0.4 is 10.2 Å². The van der Waals surface area contributed by atoms with Gasteiger partial charge < -0.3 is 15.0 Å². The Labute approximate surface area is 174 Å². The SMILES string of the molecule is COCc1c(C(=O)Nc2ccc(N3CCCCCC3)cc2)sc2cccc(F)c12. The maximum Gasteiger partial charge on any atom is 0.266 e. The lowest BCUT2D eigenvalue weighted by molar-refractivity contribution is 0.102. The number of anilines is 2. The van der Waals surface area contributed by atoms with Gasteiger partial charge >= 0.3 is 0 Å². The molecule has 0 spiro atoms. The number of hydrogen-bond donors (Lipinski definition) is 1. The molecule has 4 nitrogen and oxygen atoms in total. The van der Waals surface area contributed by atoms with E-state index in [2.05, 4.69) is 22.3 Å². The highest BCUT2D eigenvalue weighted by Gasteiger charge is 2.21. The quantitative estimate of drug-likeness (QED) is 0.574. The fraction of sp³-hybridized carbons (Fsp3) is 0.348. The van der Waals surface area contributed by atoms with E-state index in [-0.39, 0.29) is 18.3 Å². The molecule has 1 aliphatic heterocycles. The van der Waals surface area contributed by atoms with Crippen LogP contribution in [-0.2, 0) is 11.3 Å². The molecule has 6 heteroatoms. The smallest absolute Gasteiger partial charge is 0.266 e. The molecule has 1 amide bonds. The van der Waals surface area contributed by atoms with Gasteiger partial charge in [-0.15, -0.1) is 11.3 Å². The first-order valence-electron chi connectivity index (χ1n) is 10.0. The van der Waals surface area contributed by atoms with E-state index in [9.17, 15) is 9.18 Å². The van der Waals surface area contributed by atoms with E-state index >= 15 is 0 Å². The number of halogens is 1. The first-order chi connectivity index (χ1) is 14.2. The fourth-order valence-electron chi connectivity index (χ4n) is 3.91. The summed E-state index contributed by atoms with van der Waals surface area (Å²) >= 11 is 1.29. The van der Waals surface area contributed by atoms with Crippen LogP contribution in [0.3, 0.4) is 0 Å². The molecule has 1 N–H and O–H groups in total. The topological polar surface area (TPSA) is 41.6 Å². The first kappa shape index (κ1) is 19.9. The molecule has 1 aromatic heterocycles. The predicted octanol–water partition coefficient (Wildman–Crippen LogP) is 5.82. The van der Waals surface area contributed by atoms with Gasteiger partial charge in [0.2, 0.25) is 0 Å². The van der Waals surface area contributed by atoms with Crippen molar-refractivity contribution < 1.29 is 13.9 Å². The van der Waals surface area contributed by atoms with E-state index in [1.54, 1.807) is 13.2 Å². The van der Waals surface area contributed by atoms with Crippen molar-refractivity contribution >= 4 is 38.7 Å². The molecule has 1 aliphatic rings. The zero-order valence-electron chi connectivity index (χ0n) is 16.5. The van der Waals surface area contributed by atoms with E-state index in [4.69, 9.17) is 4.74 Å². The summed E-state index contributed by atoms with van der Waals surface area (Å²) < 4.78 is 20.3. The Bertz CT molecular complexity index is 992. The van der Waals surface area contributed by atoms with Gasteiger partial charge in [-0.2, -0.15) is 0 Å². The number of carbonyl (C=O) groups is 1. The van der Waals surface area contributed by atoms with Crippen LogP contribution in [0.25, 0.3) is 10.1 Å². The van der Waals surface area contributed by atoms with Crippen LogP contribution in [0.5, 0.6) is 0 Å². The van der Waals surface area contributed by atoms with Crippen molar-refractivity contribution in [1.29, 1.82) is 0 Å². The van der Waals surface area contributed by atoms with Crippen LogP contribution in [0.1, 0.15) is 40.9 Å². The number of nitrogens with one attached hydrogen (secondary N) is 1. The Morgan fingerprint density at radius 3 is 2.52 bits per heavy atom. The zero-order valence-corrected chi connectivity index (χ0v) is 17.4. The highest BCUT2D eigenvalue weighted by atomic mass is 32.1. The number of fused-ring (bicyclic) bond motifs is 1. The number of amides is 1. The molecule has 3 aromatic rings. The number of benzene rings is 2. The van der Waals surface area contributed by atoms with E-state index in [0.29, 0.717) is 15.8 Å². The molecule has 2 aromatic carbocycles. The normalized spacial score (nSPS) is 14.8. The average molecular weight is 413 g/mol. The van der Waals surface area contributed by atoms with Crippen LogP contribution >= 0.6 is 11.3 Å². The first-order valence-corrected chi connectivity index (χ1v) is 10.8. The molecule has 0 radical (unpaired) electrons. The van der Waals surface area contributed by atoms with Gasteiger partial charge in [-0.25, -0.2) is 4.39 Å². The third-order valence-corrected chi connectivity index (χ3v) is 6.55. The van der Waals surface area contributed by atoms with E-state index in [0.717, 1.165) is 23.5 Å². The van der Waals surface area contributed by atoms with Crippen LogP contribution in [0.15, 0.2) is 42.5 Å². The minimum atomic E-state index is -0.327. The molecule has 0 saturated carbocycles. The minimum Gasteiger partial charge on any atom is -0.380 e. The van der Waals surface area contributed by atoms with Gasteiger partial charge in [-0.3, -0.25) is 4.79 Å². The summed E-state index contributed by atoms with van der Waals surface area (Å²) in [5.74, 6) is -0.563. The van der Waals surface area contributed by atoms with Gasteiger partial charge in [-0.1, -0.05) is 18.9 Å². The predicted molar refractivity (Wildman–Crippen MR) is 118 cm³/mol. The summed E-state index contributed by atoms with van der Waals surface area (Å²) in [5, 5.41) is 3.43. The Morgan fingerprint density at radius 1 is 1.10 bits per heavy atom. The van der Waals surface area contributed by atoms with E-state index in [1.165, 1.54) is 48.8 Å². The largest absolute Gasteiger partial charge is 0.380 e. The lowest BCUT2D eigenvalue weighted by Gasteiger charge is -2.22. The van der Waals surface area contributed by atoms with Crippen LogP contribution in [0.4, 0.5) is 15.8 Å². The molecule has 152 valence electrons. The Kier molecular flexibility index (Phi) is 6.11. The number of thiophene rings is 1. The Morgan fingerprint density at radius 2 is 1.83 bits per heavy atom. The summed E-state index contributed by atoms with van der Waals surface area (Å²) in [7, 11) is 1.55. The van der Waals surface area contributed by atoms with Crippen LogP contribution in [0.2, 0.25) is 0 Å². The van der Waals surface area contributed by atoms with Gasteiger partial charge in [0, 0.05) is 47.2 Å². The summed E-state index contributed by atoms with van der Waals surface area (Å²) in [6.45, 7) is 2.36. The average Bonchev–Trinajstić information content (AvgIpc) is 2.90. The fourth-order valence-corrected chi connectivity index (χ4v) is 5.02. The van der Waals surface area contributed by atoms with Gasteiger partial charge in [0.25, 0.3) is 5.91 Å². The second kappa shape index (κ2) is 8.93. The molecule has 2 heterocycles. The molecule has 0 aliphatic carbocycles. The number of methoxy groups -OCH3 is 1. The number of rotatable bonds is 5. The molecule has 4 rings (SSSR count). The summed E-state index contributed by atoms with van der Waals surface area (Å²) in [6.07, 6.45) is 5.04. The third kappa shape index (κ3) is 4.28. The van der Waals surface area contributed by atoms with Crippen molar-refractivity contribution in [2.75, 3.05) is 30.4 Å². The lowest BCUT2D eigenvalue weighted by Crippen LogP contribution is -2.23. The Hall–Kier alpha value is -2.44. The van der Waals surface area contributed by atoms with Crippen molar-refractivity contribution in [3.63, 3.8) is 0 Å². The van der Waals surface area contributed by atoms with E-state index in [1.807, 2.05) is 18.2 Å². The molecule has 0 unspecified atom stereocenters. The highest BCUT2D eigenvalue weighted by Crippen LogP contribution is 2.34. The van der Waals surface area contributed by atoms with Crippen LogP contribution in [0, 0.1) is 5.82 Å². The molecule has 0 atom stereocenters. The second-order valence-corrected chi connectivity index (χ2v) is 8.41. The maximum atomic E-state index is 14.3. The lowest BCUT2D eigenvalue weighted by atomic mass is 10.1. The van der Waals surface area contributed by atoms with E-state index < -0.39 is 0 Å². The van der Waals surface area contributed by atoms with Gasteiger partial charge in [0.15, 0.2) is 0 Å². The van der Waals surface area contributed by atoms with Gasteiger partial charge in [0.1, 0.15) is 5.82 Å². The Balaban J connectivity index is 1.55. The molecule has 29 heavy (non-hydrogen) atoms. The van der Waals surface area contributed by atoms with Crippen LogP contribution in [-0.4, -0.2) is 26.1 Å². The zero-order chi connectivity index (χ0) is 20.2. The number of ether oxygens (including phenoxy) is 1. The van der Waals surface area contributed by atoms with Gasteiger partial charge in [-0.05, 0) is 49.2 Å². The monoisotopic (exact) mass is 412 g/mol. The van der Waals surface area contributed by atoms with Crippen molar-refractivity contribution in [1.82, 2.24) is 0 Å². The third-order valence-electron chi connectivity index (χ3n) is 5.35. The summed E-state index contributed by atoms with van der Waals surface area (Å²) in [6, 6.07) is 12.9. The number of hydrogen-bond acceptors (Lipinski definition) is 4. The standard InChI is InChI=1S/C23H25FN2O2S/c1-28-15-18-21-19(24)7-6-8-20(21)29-22(18)23(27)25-16-9-11-17(12-10-16)26-13-4-2-3-5-14-26/h6-12H,2-5,13-15H2,1H3,(H,25,27). The molecule has 1 fully saturated rings.